The molecule has 0 atom stereocenters. The van der Waals surface area contributed by atoms with Crippen LogP contribution in [0.15, 0.2) is 0 Å². The first-order chi connectivity index (χ1) is 13.7. The van der Waals surface area contributed by atoms with Gasteiger partial charge in [0.2, 0.25) is 11.8 Å². The van der Waals surface area contributed by atoms with Crippen LogP contribution in [0.3, 0.4) is 0 Å². The molecule has 1 saturated carbocycles. The Bertz CT molecular complexity index is 547. The Labute approximate surface area is 178 Å². The van der Waals surface area contributed by atoms with Crippen molar-refractivity contribution >= 4 is 11.8 Å². The molecule has 2 aliphatic heterocycles. The lowest BCUT2D eigenvalue weighted by Gasteiger charge is -2.39. The lowest BCUT2D eigenvalue weighted by Crippen LogP contribution is -2.51. The maximum atomic E-state index is 12.8. The van der Waals surface area contributed by atoms with Crippen LogP contribution in [0, 0.1) is 23.2 Å². The number of nitrogens with zero attached hydrogens (tertiary/aromatic N) is 3. The largest absolute Gasteiger partial charge is 0.342 e. The molecule has 166 valence electrons. The third-order valence-electron chi connectivity index (χ3n) is 7.45. The van der Waals surface area contributed by atoms with Crippen LogP contribution in [0.4, 0.5) is 0 Å². The van der Waals surface area contributed by atoms with E-state index in [0.29, 0.717) is 17.7 Å². The molecule has 29 heavy (non-hydrogen) atoms. The number of likely N-dealkylation sites (tertiary alicyclic amines) is 1. The predicted molar refractivity (Wildman–Crippen MR) is 118 cm³/mol. The summed E-state index contributed by atoms with van der Waals surface area (Å²) in [5, 5.41) is 0. The van der Waals surface area contributed by atoms with Gasteiger partial charge in [-0.25, -0.2) is 0 Å². The van der Waals surface area contributed by atoms with Crippen molar-refractivity contribution in [2.75, 3.05) is 45.8 Å². The van der Waals surface area contributed by atoms with Gasteiger partial charge in [0, 0.05) is 50.6 Å². The molecule has 3 aliphatic rings. The van der Waals surface area contributed by atoms with Gasteiger partial charge in [0.05, 0.1) is 0 Å². The van der Waals surface area contributed by atoms with Gasteiger partial charge in [-0.3, -0.25) is 14.5 Å². The summed E-state index contributed by atoms with van der Waals surface area (Å²) in [6.45, 7) is 15.2. The van der Waals surface area contributed by atoms with E-state index in [1.54, 1.807) is 0 Å². The second-order valence-corrected chi connectivity index (χ2v) is 10.9. The molecule has 2 saturated heterocycles. The Balaban J connectivity index is 1.32. The summed E-state index contributed by atoms with van der Waals surface area (Å²) in [5.74, 6) is 2.55. The lowest BCUT2D eigenvalue weighted by molar-refractivity contribution is -0.141. The number of carbonyl (C=O) groups is 2. The molecule has 0 aromatic rings. The van der Waals surface area contributed by atoms with Crippen molar-refractivity contribution in [3.63, 3.8) is 0 Å². The highest BCUT2D eigenvalue weighted by Crippen LogP contribution is 2.30. The zero-order valence-electron chi connectivity index (χ0n) is 19.3. The molecule has 0 bridgehead atoms. The summed E-state index contributed by atoms with van der Waals surface area (Å²) in [6.07, 6.45) is 8.13. The fraction of sp³-hybridized carbons (Fsp3) is 0.917. The van der Waals surface area contributed by atoms with E-state index in [1.807, 2.05) is 20.8 Å². The van der Waals surface area contributed by atoms with Gasteiger partial charge in [0.15, 0.2) is 0 Å². The van der Waals surface area contributed by atoms with Crippen molar-refractivity contribution in [2.24, 2.45) is 23.2 Å². The quantitative estimate of drug-likeness (QED) is 0.717. The van der Waals surface area contributed by atoms with E-state index in [1.165, 1.54) is 19.3 Å². The van der Waals surface area contributed by atoms with Crippen molar-refractivity contribution in [2.45, 2.75) is 72.6 Å². The van der Waals surface area contributed by atoms with Gasteiger partial charge in [-0.1, -0.05) is 27.7 Å². The summed E-state index contributed by atoms with van der Waals surface area (Å²) in [5.41, 5.74) is -0.264. The van der Waals surface area contributed by atoms with Gasteiger partial charge in [0.25, 0.3) is 0 Å². The SMILES string of the molecule is CC1CCC(C(=O)N2CCN(CCC3CCN(C(=O)C(C)(C)C)CC3)CC2)CC1. The lowest BCUT2D eigenvalue weighted by atomic mass is 9.82. The number of hydrogen-bond acceptors (Lipinski definition) is 3. The molecule has 0 aromatic heterocycles. The van der Waals surface area contributed by atoms with Crippen molar-refractivity contribution in [1.29, 1.82) is 0 Å². The summed E-state index contributed by atoms with van der Waals surface area (Å²) in [6, 6.07) is 0. The zero-order chi connectivity index (χ0) is 21.0. The van der Waals surface area contributed by atoms with Crippen LogP contribution in [0.1, 0.15) is 72.6 Å². The minimum absolute atomic E-state index is 0.264. The summed E-state index contributed by atoms with van der Waals surface area (Å²) < 4.78 is 0. The average Bonchev–Trinajstić information content (AvgIpc) is 2.72. The minimum Gasteiger partial charge on any atom is -0.342 e. The molecule has 1 aliphatic carbocycles. The molecule has 0 aromatic carbocycles. The van der Waals surface area contributed by atoms with Gasteiger partial charge in [-0.2, -0.15) is 0 Å². The van der Waals surface area contributed by atoms with Gasteiger partial charge in [-0.05, 0) is 63.3 Å². The molecule has 2 amide bonds. The highest BCUT2D eigenvalue weighted by atomic mass is 16.2. The number of piperidine rings is 1. The molecular formula is C24H43N3O2. The number of hydrogen-bond donors (Lipinski definition) is 0. The maximum Gasteiger partial charge on any atom is 0.227 e. The first-order valence-corrected chi connectivity index (χ1v) is 12.0. The molecule has 0 radical (unpaired) electrons. The van der Waals surface area contributed by atoms with Crippen molar-refractivity contribution in [1.82, 2.24) is 14.7 Å². The standard InChI is InChI=1S/C24H43N3O2/c1-19-5-7-21(8-6-19)22(28)26-17-15-25(16-18-26)12-9-20-10-13-27(14-11-20)23(29)24(2,3)4/h19-21H,5-18H2,1-4H3. The summed E-state index contributed by atoms with van der Waals surface area (Å²) in [4.78, 5) is 32.0. The third-order valence-corrected chi connectivity index (χ3v) is 7.45. The fourth-order valence-electron chi connectivity index (χ4n) is 5.22. The Morgan fingerprint density at radius 3 is 1.93 bits per heavy atom. The molecule has 5 nitrogen and oxygen atoms in total. The van der Waals surface area contributed by atoms with Crippen LogP contribution >= 0.6 is 0 Å². The highest BCUT2D eigenvalue weighted by molar-refractivity contribution is 5.81. The molecule has 0 N–H and O–H groups in total. The molecular weight excluding hydrogens is 362 g/mol. The summed E-state index contributed by atoms with van der Waals surface area (Å²) in [7, 11) is 0. The van der Waals surface area contributed by atoms with Crippen LogP contribution < -0.4 is 0 Å². The smallest absolute Gasteiger partial charge is 0.227 e. The van der Waals surface area contributed by atoms with Crippen LogP contribution in [0.2, 0.25) is 0 Å². The van der Waals surface area contributed by atoms with Crippen LogP contribution in [0.25, 0.3) is 0 Å². The van der Waals surface area contributed by atoms with Crippen molar-refractivity contribution < 1.29 is 9.59 Å². The van der Waals surface area contributed by atoms with Crippen LogP contribution in [0.5, 0.6) is 0 Å². The molecule has 3 fully saturated rings. The van der Waals surface area contributed by atoms with E-state index in [2.05, 4.69) is 21.6 Å². The molecule has 0 unspecified atom stereocenters. The minimum atomic E-state index is -0.264. The van der Waals surface area contributed by atoms with E-state index in [4.69, 9.17) is 0 Å². The topological polar surface area (TPSA) is 43.9 Å². The van der Waals surface area contributed by atoms with E-state index in [0.717, 1.165) is 83.3 Å². The predicted octanol–water partition coefficient (Wildman–Crippen LogP) is 3.63. The zero-order valence-corrected chi connectivity index (χ0v) is 19.3. The second-order valence-electron chi connectivity index (χ2n) is 10.9. The monoisotopic (exact) mass is 405 g/mol. The normalized spacial score (nSPS) is 27.9. The van der Waals surface area contributed by atoms with Crippen LogP contribution in [-0.2, 0) is 9.59 Å². The first-order valence-electron chi connectivity index (χ1n) is 12.0. The molecule has 0 spiro atoms. The Morgan fingerprint density at radius 1 is 0.793 bits per heavy atom. The van der Waals surface area contributed by atoms with Crippen molar-refractivity contribution in [3.05, 3.63) is 0 Å². The Morgan fingerprint density at radius 2 is 1.38 bits per heavy atom. The van der Waals surface area contributed by atoms with Gasteiger partial charge in [-0.15, -0.1) is 0 Å². The van der Waals surface area contributed by atoms with E-state index in [9.17, 15) is 9.59 Å². The number of carbonyl (C=O) groups excluding carboxylic acids is 2. The average molecular weight is 406 g/mol. The van der Waals surface area contributed by atoms with Gasteiger partial charge < -0.3 is 9.80 Å². The third kappa shape index (κ3) is 6.19. The molecule has 5 heteroatoms. The summed E-state index contributed by atoms with van der Waals surface area (Å²) >= 11 is 0. The Hall–Kier alpha value is -1.10. The Kier molecular flexibility index (Phi) is 7.63. The van der Waals surface area contributed by atoms with E-state index < -0.39 is 0 Å². The second kappa shape index (κ2) is 9.80. The van der Waals surface area contributed by atoms with Gasteiger partial charge >= 0.3 is 0 Å². The van der Waals surface area contributed by atoms with E-state index in [-0.39, 0.29) is 5.41 Å². The number of amides is 2. The van der Waals surface area contributed by atoms with Crippen LogP contribution in [-0.4, -0.2) is 72.3 Å². The maximum absolute atomic E-state index is 12.8. The number of rotatable bonds is 4. The number of piperazine rings is 1. The molecule has 2 heterocycles. The van der Waals surface area contributed by atoms with Gasteiger partial charge in [0.1, 0.15) is 0 Å². The van der Waals surface area contributed by atoms with Crippen molar-refractivity contribution in [3.8, 4) is 0 Å². The van der Waals surface area contributed by atoms with E-state index >= 15 is 0 Å². The highest BCUT2D eigenvalue weighted by Gasteiger charge is 2.32. The fourth-order valence-corrected chi connectivity index (χ4v) is 5.22. The first kappa shape index (κ1) is 22.6. The molecule has 3 rings (SSSR count).